The lowest BCUT2D eigenvalue weighted by molar-refractivity contribution is 0.0696. The molecule has 2 heteroatoms. The summed E-state index contributed by atoms with van der Waals surface area (Å²) in [4.78, 5) is 11.2. The molecule has 0 heterocycles. The fourth-order valence-electron chi connectivity index (χ4n) is 2.86. The normalized spacial score (nSPS) is 14.8. The summed E-state index contributed by atoms with van der Waals surface area (Å²) in [7, 11) is 0. The van der Waals surface area contributed by atoms with Crippen molar-refractivity contribution in [2.24, 2.45) is 0 Å². The minimum Gasteiger partial charge on any atom is -0.478 e. The smallest absolute Gasteiger partial charge is 0.335 e. The van der Waals surface area contributed by atoms with E-state index in [0.717, 1.165) is 22.6 Å². The van der Waals surface area contributed by atoms with Gasteiger partial charge in [-0.2, -0.15) is 0 Å². The first kappa shape index (κ1) is 12.9. The van der Waals surface area contributed by atoms with E-state index in [-0.39, 0.29) is 0 Å². The lowest BCUT2D eigenvalue weighted by atomic mass is 9.79. The van der Waals surface area contributed by atoms with Crippen molar-refractivity contribution in [3.8, 4) is 11.1 Å². The van der Waals surface area contributed by atoms with E-state index in [0.29, 0.717) is 5.56 Å². The summed E-state index contributed by atoms with van der Waals surface area (Å²) in [6.07, 6.45) is 3.94. The van der Waals surface area contributed by atoms with Crippen LogP contribution in [0.2, 0.25) is 0 Å². The van der Waals surface area contributed by atoms with Crippen LogP contribution in [0.4, 0.5) is 0 Å². The quantitative estimate of drug-likeness (QED) is 0.879. The first-order valence-corrected chi connectivity index (χ1v) is 7.10. The molecule has 102 valence electrons. The maximum atomic E-state index is 11.2. The third kappa shape index (κ3) is 2.22. The summed E-state index contributed by atoms with van der Waals surface area (Å²) in [6, 6.07) is 14.1. The Bertz CT molecular complexity index is 637. The van der Waals surface area contributed by atoms with E-state index in [9.17, 15) is 9.90 Å². The fourth-order valence-corrected chi connectivity index (χ4v) is 2.86. The summed E-state index contributed by atoms with van der Waals surface area (Å²) in [5.74, 6) is -0.133. The van der Waals surface area contributed by atoms with Crippen LogP contribution in [0.1, 0.15) is 46.7 Å². The topological polar surface area (TPSA) is 37.3 Å². The van der Waals surface area contributed by atoms with Crippen molar-refractivity contribution in [1.29, 1.82) is 0 Å². The van der Waals surface area contributed by atoms with Gasteiger partial charge in [-0.3, -0.25) is 0 Å². The van der Waals surface area contributed by atoms with Gasteiger partial charge in [-0.15, -0.1) is 0 Å². The molecule has 2 aromatic carbocycles. The van der Waals surface area contributed by atoms with Crippen LogP contribution in [-0.4, -0.2) is 11.1 Å². The molecule has 0 amide bonds. The van der Waals surface area contributed by atoms with Crippen LogP contribution in [0.25, 0.3) is 11.1 Å². The zero-order valence-corrected chi connectivity index (χ0v) is 11.6. The van der Waals surface area contributed by atoms with Crippen molar-refractivity contribution in [1.82, 2.24) is 0 Å². The first-order chi connectivity index (χ1) is 9.66. The van der Waals surface area contributed by atoms with Gasteiger partial charge in [0.05, 0.1) is 5.56 Å². The highest BCUT2D eigenvalue weighted by Crippen LogP contribution is 2.37. The number of aromatic carboxylic acids is 1. The number of hydrogen-bond acceptors (Lipinski definition) is 1. The van der Waals surface area contributed by atoms with Crippen LogP contribution in [0, 0.1) is 6.92 Å². The van der Waals surface area contributed by atoms with Crippen LogP contribution < -0.4 is 0 Å². The van der Waals surface area contributed by atoms with Gasteiger partial charge in [-0.05, 0) is 54.0 Å². The minimum atomic E-state index is -0.865. The second kappa shape index (κ2) is 5.12. The molecule has 0 unspecified atom stereocenters. The van der Waals surface area contributed by atoms with Crippen molar-refractivity contribution in [3.05, 3.63) is 59.2 Å². The average Bonchev–Trinajstić information content (AvgIpc) is 2.38. The molecule has 1 saturated carbocycles. The van der Waals surface area contributed by atoms with Gasteiger partial charge in [0.2, 0.25) is 0 Å². The number of benzene rings is 2. The zero-order chi connectivity index (χ0) is 14.1. The molecular weight excluding hydrogens is 248 g/mol. The van der Waals surface area contributed by atoms with E-state index in [1.165, 1.54) is 24.8 Å². The summed E-state index contributed by atoms with van der Waals surface area (Å²) in [6.45, 7) is 1.87. The van der Waals surface area contributed by atoms with Crippen LogP contribution in [0.15, 0.2) is 42.5 Å². The molecule has 0 bridgehead atoms. The van der Waals surface area contributed by atoms with Gasteiger partial charge in [0.25, 0.3) is 0 Å². The summed E-state index contributed by atoms with van der Waals surface area (Å²) >= 11 is 0. The van der Waals surface area contributed by atoms with Crippen molar-refractivity contribution in [2.45, 2.75) is 32.1 Å². The highest BCUT2D eigenvalue weighted by Gasteiger charge is 2.19. The van der Waals surface area contributed by atoms with Crippen molar-refractivity contribution < 1.29 is 9.90 Å². The highest BCUT2D eigenvalue weighted by atomic mass is 16.4. The Kier molecular flexibility index (Phi) is 3.31. The summed E-state index contributed by atoms with van der Waals surface area (Å²) in [5.41, 5.74) is 4.72. The highest BCUT2D eigenvalue weighted by molar-refractivity contribution is 5.92. The number of carboxylic acids is 1. The third-order valence-corrected chi connectivity index (χ3v) is 4.36. The maximum Gasteiger partial charge on any atom is 0.335 e. The van der Waals surface area contributed by atoms with E-state index in [1.54, 1.807) is 6.07 Å². The number of carbonyl (C=O) groups is 1. The lowest BCUT2D eigenvalue weighted by Crippen LogP contribution is -2.08. The Hall–Kier alpha value is -2.09. The molecule has 2 aromatic rings. The number of rotatable bonds is 3. The SMILES string of the molecule is Cc1c(C(=O)O)cccc1-c1ccc(C2CCC2)cc1. The molecule has 0 spiro atoms. The van der Waals surface area contributed by atoms with Crippen molar-refractivity contribution in [2.75, 3.05) is 0 Å². The van der Waals surface area contributed by atoms with Crippen molar-refractivity contribution >= 4 is 5.97 Å². The van der Waals surface area contributed by atoms with E-state index in [4.69, 9.17) is 0 Å². The standard InChI is InChI=1S/C18H18O2/c1-12-16(6-3-7-17(12)18(19)20)15-10-8-14(9-11-15)13-4-2-5-13/h3,6-11,13H,2,4-5H2,1H3,(H,19,20). The van der Waals surface area contributed by atoms with Crippen LogP contribution >= 0.6 is 0 Å². The maximum absolute atomic E-state index is 11.2. The van der Waals surface area contributed by atoms with E-state index in [2.05, 4.69) is 24.3 Å². The predicted molar refractivity (Wildman–Crippen MR) is 80.2 cm³/mol. The molecule has 0 saturated heterocycles. The van der Waals surface area contributed by atoms with Crippen LogP contribution in [0.5, 0.6) is 0 Å². The van der Waals surface area contributed by atoms with E-state index in [1.807, 2.05) is 19.1 Å². The van der Waals surface area contributed by atoms with Gasteiger partial charge >= 0.3 is 5.97 Å². The number of carboxylic acid groups (broad SMARTS) is 1. The van der Waals surface area contributed by atoms with E-state index >= 15 is 0 Å². The molecule has 0 radical (unpaired) electrons. The first-order valence-electron chi connectivity index (χ1n) is 7.10. The Morgan fingerprint density at radius 1 is 1.10 bits per heavy atom. The largest absolute Gasteiger partial charge is 0.478 e. The van der Waals surface area contributed by atoms with Gasteiger partial charge in [0.1, 0.15) is 0 Å². The molecule has 2 nitrogen and oxygen atoms in total. The molecule has 1 aliphatic rings. The number of hydrogen-bond donors (Lipinski definition) is 1. The summed E-state index contributed by atoms with van der Waals surface area (Å²) in [5, 5.41) is 9.19. The Morgan fingerprint density at radius 2 is 1.80 bits per heavy atom. The average molecular weight is 266 g/mol. The molecule has 0 aliphatic heterocycles. The Labute approximate surface area is 119 Å². The van der Waals surface area contributed by atoms with Gasteiger partial charge in [0, 0.05) is 0 Å². The minimum absolute atomic E-state index is 0.380. The van der Waals surface area contributed by atoms with E-state index < -0.39 is 5.97 Å². The molecule has 20 heavy (non-hydrogen) atoms. The molecule has 1 aliphatic carbocycles. The molecule has 3 rings (SSSR count). The van der Waals surface area contributed by atoms with Gasteiger partial charge in [-0.1, -0.05) is 42.8 Å². The summed E-state index contributed by atoms with van der Waals surface area (Å²) < 4.78 is 0. The zero-order valence-electron chi connectivity index (χ0n) is 11.6. The second-order valence-corrected chi connectivity index (χ2v) is 5.53. The second-order valence-electron chi connectivity index (χ2n) is 5.53. The molecular formula is C18H18O2. The molecule has 0 aromatic heterocycles. The Morgan fingerprint density at radius 3 is 2.35 bits per heavy atom. The Balaban J connectivity index is 1.96. The molecule has 1 N–H and O–H groups in total. The predicted octanol–water partition coefficient (Wildman–Crippen LogP) is 4.63. The molecule has 1 fully saturated rings. The molecule has 0 atom stereocenters. The fraction of sp³-hybridized carbons (Fsp3) is 0.278. The third-order valence-electron chi connectivity index (χ3n) is 4.36. The lowest BCUT2D eigenvalue weighted by Gasteiger charge is -2.25. The van der Waals surface area contributed by atoms with Gasteiger partial charge in [0.15, 0.2) is 0 Å². The van der Waals surface area contributed by atoms with Crippen LogP contribution in [0.3, 0.4) is 0 Å². The van der Waals surface area contributed by atoms with Crippen molar-refractivity contribution in [3.63, 3.8) is 0 Å². The van der Waals surface area contributed by atoms with Crippen LogP contribution in [-0.2, 0) is 0 Å². The van der Waals surface area contributed by atoms with Gasteiger partial charge in [-0.25, -0.2) is 4.79 Å². The monoisotopic (exact) mass is 266 g/mol. The van der Waals surface area contributed by atoms with Gasteiger partial charge < -0.3 is 5.11 Å².